The molecule has 1 heterocycles. The fourth-order valence-electron chi connectivity index (χ4n) is 3.68. The Hall–Kier alpha value is -3.39. The van der Waals surface area contributed by atoms with Crippen molar-refractivity contribution in [1.29, 1.82) is 0 Å². The lowest BCUT2D eigenvalue weighted by Gasteiger charge is -2.28. The van der Waals surface area contributed by atoms with Crippen LogP contribution in [0.5, 0.6) is 0 Å². The average molecular weight is 351 g/mol. The highest BCUT2D eigenvalue weighted by atomic mass is 16.1. The number of Topliss-reactive ketones (excluding diaryl/α,β-unsaturated/α-hetero) is 1. The summed E-state index contributed by atoms with van der Waals surface area (Å²) >= 11 is 0. The van der Waals surface area contributed by atoms with Crippen molar-refractivity contribution < 1.29 is 4.79 Å². The van der Waals surface area contributed by atoms with E-state index in [4.69, 9.17) is 0 Å². The number of benzene rings is 3. The summed E-state index contributed by atoms with van der Waals surface area (Å²) in [6.07, 6.45) is 2.58. The summed E-state index contributed by atoms with van der Waals surface area (Å²) in [5, 5.41) is 0. The summed E-state index contributed by atoms with van der Waals surface area (Å²) in [4.78, 5) is 15.6. The summed E-state index contributed by atoms with van der Waals surface area (Å²) < 4.78 is 0. The van der Waals surface area contributed by atoms with Crippen molar-refractivity contribution in [1.82, 2.24) is 0 Å². The van der Waals surface area contributed by atoms with E-state index in [1.807, 2.05) is 72.8 Å². The monoisotopic (exact) mass is 351 g/mol. The van der Waals surface area contributed by atoms with Gasteiger partial charge in [0.1, 0.15) is 0 Å². The van der Waals surface area contributed by atoms with Crippen molar-refractivity contribution in [3.05, 3.63) is 120 Å². The molecule has 3 aromatic carbocycles. The van der Waals surface area contributed by atoms with E-state index in [2.05, 4.69) is 35.7 Å². The largest absolute Gasteiger partial charge is 0.333 e. The first-order valence-corrected chi connectivity index (χ1v) is 9.14. The van der Waals surface area contributed by atoms with Crippen molar-refractivity contribution in [2.24, 2.45) is 0 Å². The topological polar surface area (TPSA) is 20.3 Å². The average Bonchev–Trinajstić information content (AvgIpc) is 3.15. The van der Waals surface area contributed by atoms with E-state index in [0.717, 1.165) is 28.1 Å². The van der Waals surface area contributed by atoms with Crippen LogP contribution in [-0.2, 0) is 0 Å². The van der Waals surface area contributed by atoms with Gasteiger partial charge in [-0.3, -0.25) is 4.79 Å². The first-order chi connectivity index (χ1) is 13.3. The van der Waals surface area contributed by atoms with Gasteiger partial charge in [0.2, 0.25) is 0 Å². The van der Waals surface area contributed by atoms with Gasteiger partial charge in [-0.2, -0.15) is 0 Å². The van der Waals surface area contributed by atoms with Crippen LogP contribution in [-0.4, -0.2) is 11.8 Å². The van der Waals surface area contributed by atoms with Crippen LogP contribution in [0.15, 0.2) is 109 Å². The summed E-state index contributed by atoms with van der Waals surface area (Å²) in [5.41, 5.74) is 4.64. The molecule has 0 radical (unpaired) electrons. The van der Waals surface area contributed by atoms with E-state index in [0.29, 0.717) is 6.42 Å². The molecular weight excluding hydrogens is 330 g/mol. The predicted molar refractivity (Wildman–Crippen MR) is 112 cm³/mol. The second-order valence-electron chi connectivity index (χ2n) is 6.60. The minimum Gasteiger partial charge on any atom is -0.333 e. The molecule has 132 valence electrons. The van der Waals surface area contributed by atoms with E-state index in [1.165, 1.54) is 0 Å². The van der Waals surface area contributed by atoms with Crippen molar-refractivity contribution >= 4 is 17.2 Å². The molecule has 0 aromatic heterocycles. The quantitative estimate of drug-likeness (QED) is 0.431. The van der Waals surface area contributed by atoms with Crippen molar-refractivity contribution in [2.75, 3.05) is 4.90 Å². The van der Waals surface area contributed by atoms with E-state index >= 15 is 0 Å². The Morgan fingerprint density at radius 3 is 2.00 bits per heavy atom. The maximum absolute atomic E-state index is 13.4. The van der Waals surface area contributed by atoms with Gasteiger partial charge in [-0.1, -0.05) is 84.9 Å². The van der Waals surface area contributed by atoms with E-state index in [1.54, 1.807) is 0 Å². The Labute approximate surface area is 160 Å². The SMILES string of the molecule is C=CC1CC(C(=O)c2ccccc2)=C(c2ccccc2)N1c1ccccc1. The van der Waals surface area contributed by atoms with Crippen molar-refractivity contribution in [3.8, 4) is 0 Å². The van der Waals surface area contributed by atoms with Gasteiger partial charge in [0.25, 0.3) is 0 Å². The molecule has 3 aromatic rings. The Morgan fingerprint density at radius 1 is 0.852 bits per heavy atom. The molecule has 0 bridgehead atoms. The smallest absolute Gasteiger partial charge is 0.191 e. The normalized spacial score (nSPS) is 16.4. The third-order valence-electron chi connectivity index (χ3n) is 4.94. The number of carbonyl (C=O) groups excluding carboxylic acids is 1. The lowest BCUT2D eigenvalue weighted by molar-refractivity contribution is 0.103. The van der Waals surface area contributed by atoms with Crippen LogP contribution in [0.25, 0.3) is 5.70 Å². The van der Waals surface area contributed by atoms with Crippen LogP contribution in [0.4, 0.5) is 5.69 Å². The number of carbonyl (C=O) groups is 1. The van der Waals surface area contributed by atoms with E-state index in [9.17, 15) is 4.79 Å². The van der Waals surface area contributed by atoms with Gasteiger partial charge in [-0.25, -0.2) is 0 Å². The molecule has 2 heteroatoms. The van der Waals surface area contributed by atoms with Crippen LogP contribution in [0.1, 0.15) is 22.3 Å². The Bertz CT molecular complexity index is 975. The number of ketones is 1. The first-order valence-electron chi connectivity index (χ1n) is 9.14. The number of hydrogen-bond donors (Lipinski definition) is 0. The number of anilines is 1. The van der Waals surface area contributed by atoms with Crippen LogP contribution in [0, 0.1) is 0 Å². The molecule has 0 aliphatic carbocycles. The minimum absolute atomic E-state index is 0.0465. The van der Waals surface area contributed by atoms with Crippen LogP contribution >= 0.6 is 0 Å². The molecule has 1 aliphatic heterocycles. The molecule has 0 saturated carbocycles. The zero-order valence-electron chi connectivity index (χ0n) is 15.1. The maximum atomic E-state index is 13.4. The number of hydrogen-bond acceptors (Lipinski definition) is 2. The van der Waals surface area contributed by atoms with E-state index < -0.39 is 0 Å². The Morgan fingerprint density at radius 2 is 1.41 bits per heavy atom. The molecule has 0 amide bonds. The van der Waals surface area contributed by atoms with Gasteiger partial charge in [0.15, 0.2) is 5.78 Å². The molecular formula is C25H21NO. The lowest BCUT2D eigenvalue weighted by Crippen LogP contribution is -2.27. The van der Waals surface area contributed by atoms with Crippen LogP contribution in [0.2, 0.25) is 0 Å². The molecule has 0 N–H and O–H groups in total. The highest BCUT2D eigenvalue weighted by Gasteiger charge is 2.35. The van der Waals surface area contributed by atoms with Gasteiger partial charge in [-0.15, -0.1) is 6.58 Å². The van der Waals surface area contributed by atoms with Gasteiger partial charge < -0.3 is 4.90 Å². The highest BCUT2D eigenvalue weighted by molar-refractivity contribution is 6.15. The zero-order valence-corrected chi connectivity index (χ0v) is 15.1. The second kappa shape index (κ2) is 7.46. The molecule has 0 saturated heterocycles. The molecule has 0 spiro atoms. The zero-order chi connectivity index (χ0) is 18.6. The number of para-hydroxylation sites is 1. The summed E-state index contributed by atoms with van der Waals surface area (Å²) in [6, 6.07) is 29.9. The Balaban J connectivity index is 1.91. The van der Waals surface area contributed by atoms with Crippen LogP contribution < -0.4 is 4.90 Å². The fraction of sp³-hybridized carbons (Fsp3) is 0.0800. The van der Waals surface area contributed by atoms with Crippen molar-refractivity contribution in [2.45, 2.75) is 12.5 Å². The van der Waals surface area contributed by atoms with Gasteiger partial charge >= 0.3 is 0 Å². The third kappa shape index (κ3) is 3.22. The number of rotatable bonds is 5. The molecule has 27 heavy (non-hydrogen) atoms. The van der Waals surface area contributed by atoms with Gasteiger partial charge in [0, 0.05) is 23.2 Å². The molecule has 0 fully saturated rings. The summed E-state index contributed by atoms with van der Waals surface area (Å²) in [7, 11) is 0. The maximum Gasteiger partial charge on any atom is 0.191 e. The molecule has 2 nitrogen and oxygen atoms in total. The number of nitrogens with zero attached hydrogens (tertiary/aromatic N) is 1. The molecule has 1 unspecified atom stereocenters. The van der Waals surface area contributed by atoms with Gasteiger partial charge in [0.05, 0.1) is 11.7 Å². The van der Waals surface area contributed by atoms with Crippen molar-refractivity contribution in [3.63, 3.8) is 0 Å². The lowest BCUT2D eigenvalue weighted by atomic mass is 9.97. The first kappa shape index (κ1) is 17.0. The minimum atomic E-state index is 0.0465. The fourth-order valence-corrected chi connectivity index (χ4v) is 3.68. The Kier molecular flexibility index (Phi) is 4.71. The molecule has 1 aliphatic rings. The third-order valence-corrected chi connectivity index (χ3v) is 4.94. The highest BCUT2D eigenvalue weighted by Crippen LogP contribution is 2.41. The summed E-state index contributed by atoms with van der Waals surface area (Å²) in [5.74, 6) is 0.0831. The van der Waals surface area contributed by atoms with Gasteiger partial charge in [-0.05, 0) is 17.7 Å². The van der Waals surface area contributed by atoms with E-state index in [-0.39, 0.29) is 11.8 Å². The molecule has 4 rings (SSSR count). The second-order valence-corrected chi connectivity index (χ2v) is 6.60. The molecule has 1 atom stereocenters. The standard InChI is InChI=1S/C25H21NO/c1-2-21-18-23(25(27)20-14-8-4-9-15-20)24(19-12-6-3-7-13-19)26(21)22-16-10-5-11-17-22/h2-17,21H,1,18H2. The summed E-state index contributed by atoms with van der Waals surface area (Å²) in [6.45, 7) is 4.03. The predicted octanol–water partition coefficient (Wildman–Crippen LogP) is 5.75. The van der Waals surface area contributed by atoms with Crippen LogP contribution in [0.3, 0.4) is 0 Å².